The van der Waals surface area contributed by atoms with Crippen LogP contribution in [0.3, 0.4) is 0 Å². The van der Waals surface area contributed by atoms with Crippen LogP contribution < -0.4 is 14.5 Å². The van der Waals surface area contributed by atoms with Crippen molar-refractivity contribution in [1.29, 1.82) is 0 Å². The first-order valence-corrected chi connectivity index (χ1v) is 11.4. The zero-order valence-corrected chi connectivity index (χ0v) is 19.5. The number of hydrogen-bond donors (Lipinski definition) is 0. The van der Waals surface area contributed by atoms with E-state index in [-0.39, 0.29) is 16.5 Å². The first kappa shape index (κ1) is 22.4. The number of anilines is 2. The monoisotopic (exact) mass is 471 g/mol. The van der Waals surface area contributed by atoms with Crippen molar-refractivity contribution in [3.05, 3.63) is 82.4 Å². The number of methoxy groups -OCH3 is 1. The van der Waals surface area contributed by atoms with Crippen molar-refractivity contribution >= 4 is 17.1 Å². The Hall–Kier alpha value is -4.40. The molecule has 0 atom stereocenters. The van der Waals surface area contributed by atoms with Crippen molar-refractivity contribution < 1.29 is 14.2 Å². The van der Waals surface area contributed by atoms with E-state index in [0.29, 0.717) is 30.2 Å². The van der Waals surface area contributed by atoms with E-state index in [0.717, 1.165) is 35.7 Å². The third-order valence-corrected chi connectivity index (χ3v) is 6.20. The van der Waals surface area contributed by atoms with Gasteiger partial charge in [0.15, 0.2) is 0 Å². The summed E-state index contributed by atoms with van der Waals surface area (Å²) in [5, 5.41) is 16.0. The number of ether oxygens (including phenoxy) is 1. The Kier molecular flexibility index (Phi) is 6.05. The maximum Gasteiger partial charge on any atom is 0.293 e. The average molecular weight is 472 g/mol. The van der Waals surface area contributed by atoms with Crippen molar-refractivity contribution in [3.63, 3.8) is 0 Å². The Morgan fingerprint density at radius 3 is 2.26 bits per heavy atom. The van der Waals surface area contributed by atoms with Crippen molar-refractivity contribution in [3.8, 4) is 28.6 Å². The Morgan fingerprint density at radius 1 is 0.914 bits per heavy atom. The molecular weight excluding hydrogens is 446 g/mol. The minimum absolute atomic E-state index is 0.0170. The lowest BCUT2D eigenvalue weighted by Crippen LogP contribution is -2.46. The van der Waals surface area contributed by atoms with Crippen LogP contribution in [0.1, 0.15) is 5.56 Å². The van der Waals surface area contributed by atoms with E-state index in [1.54, 1.807) is 19.2 Å². The van der Waals surface area contributed by atoms with Crippen molar-refractivity contribution in [2.24, 2.45) is 0 Å². The second-order valence-electron chi connectivity index (χ2n) is 8.40. The molecule has 3 aromatic carbocycles. The smallest absolute Gasteiger partial charge is 0.293 e. The van der Waals surface area contributed by atoms with Crippen LogP contribution in [0.25, 0.3) is 22.8 Å². The van der Waals surface area contributed by atoms with Gasteiger partial charge in [-0.3, -0.25) is 10.1 Å². The molecule has 35 heavy (non-hydrogen) atoms. The summed E-state index contributed by atoms with van der Waals surface area (Å²) in [6.07, 6.45) is 0. The van der Waals surface area contributed by atoms with Gasteiger partial charge in [-0.05, 0) is 31.2 Å². The predicted molar refractivity (Wildman–Crippen MR) is 134 cm³/mol. The molecule has 0 bridgehead atoms. The molecule has 0 saturated carbocycles. The second-order valence-corrected chi connectivity index (χ2v) is 8.40. The average Bonchev–Trinajstić information content (AvgIpc) is 3.39. The molecule has 0 unspecified atom stereocenters. The molecule has 0 radical (unpaired) electrons. The van der Waals surface area contributed by atoms with Gasteiger partial charge in [-0.25, -0.2) is 0 Å². The Labute approximate surface area is 202 Å². The number of rotatable bonds is 6. The molecule has 9 heteroatoms. The summed E-state index contributed by atoms with van der Waals surface area (Å²) in [6, 6.07) is 20.7. The minimum Gasteiger partial charge on any atom is -0.495 e. The number of nitrogens with zero attached hydrogens (tertiary/aromatic N) is 5. The quantitative estimate of drug-likeness (QED) is 0.288. The first-order chi connectivity index (χ1) is 17.0. The number of benzene rings is 3. The molecule has 1 aromatic heterocycles. The number of hydrogen-bond acceptors (Lipinski definition) is 8. The van der Waals surface area contributed by atoms with Gasteiger partial charge >= 0.3 is 0 Å². The molecule has 0 N–H and O–H groups in total. The van der Waals surface area contributed by atoms with E-state index < -0.39 is 0 Å². The maximum absolute atomic E-state index is 12.0. The van der Waals surface area contributed by atoms with E-state index in [2.05, 4.69) is 15.0 Å². The fourth-order valence-corrected chi connectivity index (χ4v) is 4.31. The van der Waals surface area contributed by atoms with Crippen molar-refractivity contribution in [2.75, 3.05) is 43.1 Å². The molecule has 2 heterocycles. The topological polar surface area (TPSA) is 97.8 Å². The number of aromatic nitrogens is 2. The largest absolute Gasteiger partial charge is 0.495 e. The second kappa shape index (κ2) is 9.46. The van der Waals surface area contributed by atoms with Crippen LogP contribution in [-0.2, 0) is 0 Å². The van der Waals surface area contributed by atoms with Gasteiger partial charge in [0.1, 0.15) is 11.4 Å². The highest BCUT2D eigenvalue weighted by Crippen LogP contribution is 2.35. The Balaban J connectivity index is 1.36. The molecule has 9 nitrogen and oxygen atoms in total. The van der Waals surface area contributed by atoms with Crippen molar-refractivity contribution in [1.82, 2.24) is 10.1 Å². The highest BCUT2D eigenvalue weighted by molar-refractivity contribution is 5.72. The number of piperazine rings is 1. The zero-order chi connectivity index (χ0) is 24.4. The fraction of sp³-hybridized carbons (Fsp3) is 0.231. The molecule has 1 fully saturated rings. The molecule has 1 aliphatic heterocycles. The third kappa shape index (κ3) is 4.52. The summed E-state index contributed by atoms with van der Waals surface area (Å²) in [5.41, 5.74) is 4.09. The summed E-state index contributed by atoms with van der Waals surface area (Å²) in [5.74, 6) is 1.51. The molecule has 178 valence electrons. The third-order valence-electron chi connectivity index (χ3n) is 6.20. The Bertz CT molecular complexity index is 1340. The van der Waals surface area contributed by atoms with Gasteiger partial charge in [-0.1, -0.05) is 47.1 Å². The maximum atomic E-state index is 12.0. The standard InChI is InChI=1S/C26H25N5O4/c1-18-7-9-19(10-8-18)25-27-26(35-28-25)20-11-12-21(23(17-20)31(32)33)29-13-15-30(16-14-29)22-5-3-4-6-24(22)34-2/h3-12,17H,13-16H2,1-2H3. The van der Waals surface area contributed by atoms with Crippen LogP contribution in [0.2, 0.25) is 0 Å². The molecule has 4 aromatic rings. The van der Waals surface area contributed by atoms with Crippen LogP contribution in [0.5, 0.6) is 5.75 Å². The van der Waals surface area contributed by atoms with Gasteiger partial charge in [0.25, 0.3) is 11.6 Å². The summed E-state index contributed by atoms with van der Waals surface area (Å²) in [6.45, 7) is 4.75. The molecule has 0 aliphatic carbocycles. The summed E-state index contributed by atoms with van der Waals surface area (Å²) >= 11 is 0. The molecule has 0 spiro atoms. The van der Waals surface area contributed by atoms with Crippen LogP contribution >= 0.6 is 0 Å². The van der Waals surface area contributed by atoms with E-state index in [4.69, 9.17) is 9.26 Å². The van der Waals surface area contributed by atoms with Crippen LogP contribution in [0, 0.1) is 17.0 Å². The highest BCUT2D eigenvalue weighted by Gasteiger charge is 2.26. The highest BCUT2D eigenvalue weighted by atomic mass is 16.6. The predicted octanol–water partition coefficient (Wildman–Crippen LogP) is 4.96. The van der Waals surface area contributed by atoms with Gasteiger partial charge in [0.2, 0.25) is 5.82 Å². The summed E-state index contributed by atoms with van der Waals surface area (Å²) < 4.78 is 10.9. The lowest BCUT2D eigenvalue weighted by Gasteiger charge is -2.37. The van der Waals surface area contributed by atoms with Gasteiger partial charge in [-0.2, -0.15) is 4.98 Å². The van der Waals surface area contributed by atoms with E-state index in [9.17, 15) is 10.1 Å². The normalized spacial score (nSPS) is 13.7. The number of aryl methyl sites for hydroxylation is 1. The van der Waals surface area contributed by atoms with Gasteiger partial charge in [0, 0.05) is 43.4 Å². The van der Waals surface area contributed by atoms with Crippen LogP contribution in [-0.4, -0.2) is 48.4 Å². The van der Waals surface area contributed by atoms with E-state index in [1.165, 1.54) is 6.07 Å². The number of nitro groups is 1. The zero-order valence-electron chi connectivity index (χ0n) is 19.5. The van der Waals surface area contributed by atoms with Crippen LogP contribution in [0.15, 0.2) is 71.3 Å². The molecule has 0 amide bonds. The lowest BCUT2D eigenvalue weighted by atomic mass is 10.1. The number of para-hydroxylation sites is 2. The van der Waals surface area contributed by atoms with Crippen molar-refractivity contribution in [2.45, 2.75) is 6.92 Å². The van der Waals surface area contributed by atoms with E-state index >= 15 is 0 Å². The van der Waals surface area contributed by atoms with Gasteiger partial charge < -0.3 is 19.1 Å². The SMILES string of the molecule is COc1ccccc1N1CCN(c2ccc(-c3nc(-c4ccc(C)cc4)no3)cc2[N+](=O)[O-])CC1. The van der Waals surface area contributed by atoms with Gasteiger partial charge in [-0.15, -0.1) is 0 Å². The first-order valence-electron chi connectivity index (χ1n) is 11.4. The van der Waals surface area contributed by atoms with Crippen LogP contribution in [0.4, 0.5) is 17.1 Å². The molecule has 1 saturated heterocycles. The summed E-state index contributed by atoms with van der Waals surface area (Å²) in [7, 11) is 1.66. The molecular formula is C26H25N5O4. The summed E-state index contributed by atoms with van der Waals surface area (Å²) in [4.78, 5) is 20.3. The Morgan fingerprint density at radius 2 is 1.57 bits per heavy atom. The van der Waals surface area contributed by atoms with E-state index in [1.807, 2.05) is 60.4 Å². The molecule has 1 aliphatic rings. The lowest BCUT2D eigenvalue weighted by molar-refractivity contribution is -0.384. The number of nitro benzene ring substituents is 1. The molecule has 5 rings (SSSR count). The fourth-order valence-electron chi connectivity index (χ4n) is 4.31. The van der Waals surface area contributed by atoms with Gasteiger partial charge in [0.05, 0.1) is 17.7 Å². The minimum atomic E-state index is -0.358.